The summed E-state index contributed by atoms with van der Waals surface area (Å²) >= 11 is 0. The number of anilines is 2. The Kier molecular flexibility index (Phi) is 5.09. The highest BCUT2D eigenvalue weighted by Gasteiger charge is 2.18. The predicted molar refractivity (Wildman–Crippen MR) is 111 cm³/mol. The molecular weight excluding hydrogens is 391 g/mol. The lowest BCUT2D eigenvalue weighted by molar-refractivity contribution is 0.601. The van der Waals surface area contributed by atoms with E-state index in [1.54, 1.807) is 48.5 Å². The summed E-state index contributed by atoms with van der Waals surface area (Å²) in [6.07, 6.45) is 0. The minimum atomic E-state index is -3.84. The molecular formula is C21H17FN4O2S. The lowest BCUT2D eigenvalue weighted by atomic mass is 10.2. The molecule has 4 aromatic rings. The van der Waals surface area contributed by atoms with Crippen molar-refractivity contribution >= 4 is 32.7 Å². The Balaban J connectivity index is 1.69. The second-order valence-corrected chi connectivity index (χ2v) is 7.99. The second-order valence-electron chi connectivity index (χ2n) is 6.31. The number of rotatable bonds is 6. The van der Waals surface area contributed by atoms with Gasteiger partial charge in [0.1, 0.15) is 5.82 Å². The van der Waals surface area contributed by atoms with Gasteiger partial charge in [-0.1, -0.05) is 42.5 Å². The molecule has 3 aromatic carbocycles. The summed E-state index contributed by atoms with van der Waals surface area (Å²) in [5, 5.41) is 3.09. The molecule has 8 heteroatoms. The fourth-order valence-electron chi connectivity index (χ4n) is 2.77. The average Bonchev–Trinajstić information content (AvgIpc) is 2.74. The predicted octanol–water partition coefficient (Wildman–Crippen LogP) is 4.18. The molecule has 0 spiro atoms. The molecule has 1 aromatic heterocycles. The molecule has 0 aliphatic rings. The third kappa shape index (κ3) is 4.33. The van der Waals surface area contributed by atoms with Gasteiger partial charge in [0.05, 0.1) is 15.9 Å². The van der Waals surface area contributed by atoms with E-state index in [1.165, 1.54) is 24.3 Å². The lowest BCUT2D eigenvalue weighted by Gasteiger charge is -2.14. The summed E-state index contributed by atoms with van der Waals surface area (Å²) in [6.45, 7) is 0.327. The van der Waals surface area contributed by atoms with Crippen molar-refractivity contribution in [2.45, 2.75) is 11.4 Å². The number of sulfonamides is 1. The van der Waals surface area contributed by atoms with Crippen LogP contribution in [0.2, 0.25) is 0 Å². The summed E-state index contributed by atoms with van der Waals surface area (Å²) in [5.74, 6) is 0.0535. The van der Waals surface area contributed by atoms with Crippen LogP contribution in [0.15, 0.2) is 83.8 Å². The smallest absolute Gasteiger partial charge is 0.263 e. The highest BCUT2D eigenvalue weighted by molar-refractivity contribution is 7.92. The van der Waals surface area contributed by atoms with Gasteiger partial charge >= 0.3 is 0 Å². The van der Waals surface area contributed by atoms with E-state index < -0.39 is 10.0 Å². The number of hydrogen-bond acceptors (Lipinski definition) is 5. The van der Waals surface area contributed by atoms with E-state index in [-0.39, 0.29) is 22.3 Å². The van der Waals surface area contributed by atoms with Crippen LogP contribution >= 0.6 is 0 Å². The van der Waals surface area contributed by atoms with E-state index in [2.05, 4.69) is 20.0 Å². The van der Waals surface area contributed by atoms with Crippen molar-refractivity contribution in [1.29, 1.82) is 0 Å². The number of para-hydroxylation sites is 2. The van der Waals surface area contributed by atoms with Crippen LogP contribution in [0, 0.1) is 5.82 Å². The molecule has 0 radical (unpaired) electrons. The minimum Gasteiger partial charge on any atom is -0.363 e. The first kappa shape index (κ1) is 18.8. The second kappa shape index (κ2) is 7.84. The fraction of sp³-hybridized carbons (Fsp3) is 0.0476. The number of nitrogens with zero attached hydrogens (tertiary/aromatic N) is 2. The monoisotopic (exact) mass is 408 g/mol. The molecule has 6 nitrogen and oxygen atoms in total. The van der Waals surface area contributed by atoms with Crippen molar-refractivity contribution in [2.75, 3.05) is 10.0 Å². The van der Waals surface area contributed by atoms with Crippen molar-refractivity contribution in [3.63, 3.8) is 0 Å². The summed E-state index contributed by atoms with van der Waals surface area (Å²) in [5.41, 5.74) is 2.00. The Morgan fingerprint density at radius 1 is 0.759 bits per heavy atom. The van der Waals surface area contributed by atoms with E-state index in [4.69, 9.17) is 0 Å². The molecule has 0 aliphatic carbocycles. The van der Waals surface area contributed by atoms with Crippen LogP contribution in [-0.4, -0.2) is 18.4 Å². The Labute approximate surface area is 167 Å². The molecule has 0 saturated heterocycles. The average molecular weight is 408 g/mol. The van der Waals surface area contributed by atoms with E-state index in [1.807, 2.05) is 6.07 Å². The molecule has 0 amide bonds. The van der Waals surface area contributed by atoms with Crippen LogP contribution < -0.4 is 10.0 Å². The zero-order chi connectivity index (χ0) is 20.3. The zero-order valence-corrected chi connectivity index (χ0v) is 16.0. The highest BCUT2D eigenvalue weighted by atomic mass is 32.2. The summed E-state index contributed by atoms with van der Waals surface area (Å²) in [7, 11) is -3.84. The topological polar surface area (TPSA) is 84.0 Å². The van der Waals surface area contributed by atoms with Crippen molar-refractivity contribution in [1.82, 2.24) is 9.97 Å². The van der Waals surface area contributed by atoms with Gasteiger partial charge in [-0.15, -0.1) is 0 Å². The summed E-state index contributed by atoms with van der Waals surface area (Å²) in [6, 6.07) is 21.2. The quantitative estimate of drug-likeness (QED) is 0.500. The fourth-order valence-corrected chi connectivity index (χ4v) is 3.80. The molecule has 0 atom stereocenters. The maximum atomic E-state index is 13.1. The molecule has 0 saturated carbocycles. The normalized spacial score (nSPS) is 11.3. The number of aromatic nitrogens is 2. The number of fused-ring (bicyclic) bond motifs is 1. The van der Waals surface area contributed by atoms with Crippen molar-refractivity contribution in [2.24, 2.45) is 0 Å². The standard InChI is InChI=1S/C21H17FN4O2S/c22-16-12-10-15(11-13-16)14-23-20-21(25-19-9-5-4-8-18(19)24-20)26-29(27,28)17-6-2-1-3-7-17/h1-13H,14H2,(H,23,24)(H,25,26). The van der Waals surface area contributed by atoms with Crippen LogP contribution in [-0.2, 0) is 16.6 Å². The van der Waals surface area contributed by atoms with E-state index in [0.717, 1.165) is 5.56 Å². The van der Waals surface area contributed by atoms with Crippen molar-refractivity contribution < 1.29 is 12.8 Å². The lowest BCUT2D eigenvalue weighted by Crippen LogP contribution is -2.16. The van der Waals surface area contributed by atoms with Crippen molar-refractivity contribution in [3.05, 3.63) is 90.2 Å². The first-order chi connectivity index (χ1) is 14.0. The first-order valence-electron chi connectivity index (χ1n) is 8.84. The molecule has 4 rings (SSSR count). The molecule has 29 heavy (non-hydrogen) atoms. The van der Waals surface area contributed by atoms with Gasteiger partial charge in [-0.2, -0.15) is 0 Å². The van der Waals surface area contributed by atoms with Gasteiger partial charge in [0, 0.05) is 6.54 Å². The third-order valence-electron chi connectivity index (χ3n) is 4.23. The van der Waals surface area contributed by atoms with Crippen LogP contribution in [0.4, 0.5) is 16.0 Å². The first-order valence-corrected chi connectivity index (χ1v) is 10.3. The number of nitrogens with one attached hydrogen (secondary N) is 2. The SMILES string of the molecule is O=S(=O)(Nc1nc2ccccc2nc1NCc1ccc(F)cc1)c1ccccc1. The molecule has 0 bridgehead atoms. The summed E-state index contributed by atoms with van der Waals surface area (Å²) < 4.78 is 41.1. The van der Waals surface area contributed by atoms with Crippen LogP contribution in [0.25, 0.3) is 11.0 Å². The number of halogens is 1. The van der Waals surface area contributed by atoms with Crippen molar-refractivity contribution in [3.8, 4) is 0 Å². The maximum Gasteiger partial charge on any atom is 0.263 e. The van der Waals surface area contributed by atoms with Gasteiger partial charge in [0.25, 0.3) is 10.0 Å². The van der Waals surface area contributed by atoms with Crippen LogP contribution in [0.3, 0.4) is 0 Å². The number of benzene rings is 3. The van der Waals surface area contributed by atoms with Gasteiger partial charge in [0.15, 0.2) is 11.6 Å². The van der Waals surface area contributed by atoms with Gasteiger partial charge in [-0.05, 0) is 42.0 Å². The van der Waals surface area contributed by atoms with E-state index >= 15 is 0 Å². The highest BCUT2D eigenvalue weighted by Crippen LogP contribution is 2.24. The Morgan fingerprint density at radius 2 is 1.34 bits per heavy atom. The largest absolute Gasteiger partial charge is 0.363 e. The van der Waals surface area contributed by atoms with Gasteiger partial charge < -0.3 is 5.32 Å². The maximum absolute atomic E-state index is 13.1. The van der Waals surface area contributed by atoms with Crippen LogP contribution in [0.1, 0.15) is 5.56 Å². The summed E-state index contributed by atoms with van der Waals surface area (Å²) in [4.78, 5) is 9.07. The van der Waals surface area contributed by atoms with Gasteiger partial charge in [0.2, 0.25) is 0 Å². The molecule has 1 heterocycles. The Bertz CT molecular complexity index is 1250. The van der Waals surface area contributed by atoms with Gasteiger partial charge in [-0.25, -0.2) is 22.8 Å². The van der Waals surface area contributed by atoms with E-state index in [9.17, 15) is 12.8 Å². The third-order valence-corrected chi connectivity index (χ3v) is 5.58. The van der Waals surface area contributed by atoms with E-state index in [0.29, 0.717) is 17.6 Å². The minimum absolute atomic E-state index is 0.0923. The molecule has 0 aliphatic heterocycles. The zero-order valence-electron chi connectivity index (χ0n) is 15.2. The molecule has 2 N–H and O–H groups in total. The Hall–Kier alpha value is -3.52. The molecule has 0 fully saturated rings. The van der Waals surface area contributed by atoms with Crippen LogP contribution in [0.5, 0.6) is 0 Å². The molecule has 146 valence electrons. The Morgan fingerprint density at radius 3 is 2.00 bits per heavy atom. The number of hydrogen-bond donors (Lipinski definition) is 2. The molecule has 0 unspecified atom stereocenters. The van der Waals surface area contributed by atoms with Gasteiger partial charge in [-0.3, -0.25) is 4.72 Å².